The number of rotatable bonds is 6. The van der Waals surface area contributed by atoms with Crippen LogP contribution < -0.4 is 10.6 Å². The van der Waals surface area contributed by atoms with Gasteiger partial charge in [0, 0.05) is 5.69 Å². The van der Waals surface area contributed by atoms with Crippen molar-refractivity contribution < 1.29 is 14.7 Å². The van der Waals surface area contributed by atoms with E-state index in [1.165, 1.54) is 0 Å². The molecular weight excluding hydrogens is 268 g/mol. The second-order valence-electron chi connectivity index (χ2n) is 5.90. The molecule has 0 spiro atoms. The van der Waals surface area contributed by atoms with E-state index in [4.69, 9.17) is 5.11 Å². The lowest BCUT2D eigenvalue weighted by atomic mass is 10.0. The highest BCUT2D eigenvalue weighted by atomic mass is 16.4. The summed E-state index contributed by atoms with van der Waals surface area (Å²) in [6, 6.07) is 6.16. The maximum absolute atomic E-state index is 11.9. The molecule has 0 aliphatic rings. The van der Waals surface area contributed by atoms with Crippen molar-refractivity contribution in [1.82, 2.24) is 5.32 Å². The van der Waals surface area contributed by atoms with Gasteiger partial charge in [-0.3, -0.25) is 0 Å². The maximum atomic E-state index is 11.9. The Hall–Kier alpha value is -2.04. The molecule has 1 aromatic carbocycles. The Morgan fingerprint density at radius 3 is 2.38 bits per heavy atom. The van der Waals surface area contributed by atoms with Crippen LogP contribution in [0.2, 0.25) is 0 Å². The van der Waals surface area contributed by atoms with Gasteiger partial charge in [-0.1, -0.05) is 39.8 Å². The number of hydrogen-bond donors (Lipinski definition) is 3. The first kappa shape index (κ1) is 17.0. The number of hydrogen-bond acceptors (Lipinski definition) is 2. The Kier molecular flexibility index (Phi) is 6.21. The summed E-state index contributed by atoms with van der Waals surface area (Å²) >= 11 is 0. The number of benzene rings is 1. The van der Waals surface area contributed by atoms with Crippen molar-refractivity contribution in [2.45, 2.75) is 46.1 Å². The number of carbonyl (C=O) groups excluding carboxylic acids is 1. The predicted molar refractivity (Wildman–Crippen MR) is 83.6 cm³/mol. The van der Waals surface area contributed by atoms with Gasteiger partial charge in [0.1, 0.15) is 6.04 Å². The third-order valence-electron chi connectivity index (χ3n) is 3.12. The van der Waals surface area contributed by atoms with Crippen LogP contribution in [0.4, 0.5) is 10.5 Å². The van der Waals surface area contributed by atoms with E-state index in [1.807, 2.05) is 32.0 Å². The highest BCUT2D eigenvalue weighted by Crippen LogP contribution is 2.18. The van der Waals surface area contributed by atoms with E-state index in [0.717, 1.165) is 5.56 Å². The van der Waals surface area contributed by atoms with Crippen molar-refractivity contribution >= 4 is 17.7 Å². The van der Waals surface area contributed by atoms with Crippen molar-refractivity contribution in [3.63, 3.8) is 0 Å². The first-order valence-electron chi connectivity index (χ1n) is 7.20. The van der Waals surface area contributed by atoms with Crippen molar-refractivity contribution in [2.24, 2.45) is 5.92 Å². The molecule has 0 radical (unpaired) electrons. The fourth-order valence-electron chi connectivity index (χ4n) is 1.99. The number of anilines is 1. The molecule has 5 nitrogen and oxygen atoms in total. The molecule has 1 aromatic rings. The van der Waals surface area contributed by atoms with E-state index in [9.17, 15) is 9.59 Å². The Labute approximate surface area is 125 Å². The van der Waals surface area contributed by atoms with E-state index < -0.39 is 18.0 Å². The zero-order chi connectivity index (χ0) is 16.0. The number of nitrogens with one attached hydrogen (secondary N) is 2. The highest BCUT2D eigenvalue weighted by Gasteiger charge is 2.21. The minimum atomic E-state index is -1.02. The van der Waals surface area contributed by atoms with Gasteiger partial charge < -0.3 is 15.7 Å². The third-order valence-corrected chi connectivity index (χ3v) is 3.12. The molecule has 0 heterocycles. The largest absolute Gasteiger partial charge is 0.480 e. The Morgan fingerprint density at radius 2 is 1.86 bits per heavy atom. The van der Waals surface area contributed by atoms with Crippen LogP contribution in [-0.4, -0.2) is 23.1 Å². The van der Waals surface area contributed by atoms with Crippen molar-refractivity contribution in [2.75, 3.05) is 5.32 Å². The summed E-state index contributed by atoms with van der Waals surface area (Å²) in [7, 11) is 0. The van der Waals surface area contributed by atoms with Crippen LogP contribution in [0.15, 0.2) is 24.3 Å². The molecule has 0 saturated carbocycles. The molecule has 2 amide bonds. The van der Waals surface area contributed by atoms with E-state index in [1.54, 1.807) is 6.07 Å². The summed E-state index contributed by atoms with van der Waals surface area (Å²) in [5.41, 5.74) is 1.78. The van der Waals surface area contributed by atoms with Gasteiger partial charge in [0.05, 0.1) is 0 Å². The zero-order valence-electron chi connectivity index (χ0n) is 13.0. The Bertz CT molecular complexity index is 498. The van der Waals surface area contributed by atoms with Gasteiger partial charge in [0.25, 0.3) is 0 Å². The molecule has 5 heteroatoms. The maximum Gasteiger partial charge on any atom is 0.326 e. The van der Waals surface area contributed by atoms with Crippen LogP contribution in [0.25, 0.3) is 0 Å². The van der Waals surface area contributed by atoms with Gasteiger partial charge in [-0.05, 0) is 36.0 Å². The minimum absolute atomic E-state index is 0.190. The fourth-order valence-corrected chi connectivity index (χ4v) is 1.99. The molecule has 0 aliphatic carbocycles. The second-order valence-corrected chi connectivity index (χ2v) is 5.90. The molecular formula is C16H24N2O3. The predicted octanol–water partition coefficient (Wildman–Crippen LogP) is 3.43. The van der Waals surface area contributed by atoms with Crippen LogP contribution in [-0.2, 0) is 4.79 Å². The smallest absolute Gasteiger partial charge is 0.326 e. The first-order chi connectivity index (χ1) is 9.79. The molecule has 116 valence electrons. The zero-order valence-corrected chi connectivity index (χ0v) is 13.0. The molecule has 1 rings (SSSR count). The van der Waals surface area contributed by atoms with E-state index >= 15 is 0 Å². The normalized spacial score (nSPS) is 12.3. The average Bonchev–Trinajstić information content (AvgIpc) is 2.37. The lowest BCUT2D eigenvalue weighted by Crippen LogP contribution is -2.43. The number of urea groups is 1. The number of carbonyl (C=O) groups is 2. The summed E-state index contributed by atoms with van der Waals surface area (Å²) in [6.45, 7) is 7.98. The number of amides is 2. The standard InChI is InChI=1S/C16H24N2O3/c1-10(2)8-14(15(19)20)18-16(21)17-13-7-5-6-12(9-13)11(3)4/h5-7,9-11,14H,8H2,1-4H3,(H,19,20)(H2,17,18,21)/t14-/m1/s1. The van der Waals surface area contributed by atoms with Gasteiger partial charge in [-0.25, -0.2) is 9.59 Å². The molecule has 21 heavy (non-hydrogen) atoms. The molecule has 0 saturated heterocycles. The molecule has 0 aromatic heterocycles. The molecule has 0 aliphatic heterocycles. The summed E-state index contributed by atoms with van der Waals surface area (Å²) < 4.78 is 0. The van der Waals surface area contributed by atoms with E-state index in [2.05, 4.69) is 24.5 Å². The molecule has 0 bridgehead atoms. The summed E-state index contributed by atoms with van der Waals surface area (Å²) in [6.07, 6.45) is 0.398. The van der Waals surface area contributed by atoms with Crippen LogP contribution in [0.5, 0.6) is 0 Å². The van der Waals surface area contributed by atoms with Crippen molar-refractivity contribution in [3.8, 4) is 0 Å². The molecule has 1 atom stereocenters. The van der Waals surface area contributed by atoms with Gasteiger partial charge >= 0.3 is 12.0 Å². The topological polar surface area (TPSA) is 78.4 Å². The SMILES string of the molecule is CC(C)C[C@@H](NC(=O)Nc1cccc(C(C)C)c1)C(=O)O. The summed E-state index contributed by atoms with van der Waals surface area (Å²) in [5, 5.41) is 14.3. The average molecular weight is 292 g/mol. The van der Waals surface area contributed by atoms with Crippen LogP contribution in [0.1, 0.15) is 45.6 Å². The third kappa shape index (κ3) is 5.85. The Balaban J connectivity index is 2.67. The molecule has 3 N–H and O–H groups in total. The highest BCUT2D eigenvalue weighted by molar-refractivity contribution is 5.92. The van der Waals surface area contributed by atoms with E-state index in [-0.39, 0.29) is 5.92 Å². The monoisotopic (exact) mass is 292 g/mol. The minimum Gasteiger partial charge on any atom is -0.480 e. The van der Waals surface area contributed by atoms with E-state index in [0.29, 0.717) is 18.0 Å². The molecule has 0 fully saturated rings. The van der Waals surface area contributed by atoms with Gasteiger partial charge in [-0.2, -0.15) is 0 Å². The van der Waals surface area contributed by atoms with Gasteiger partial charge in [0.15, 0.2) is 0 Å². The first-order valence-corrected chi connectivity index (χ1v) is 7.20. The number of aliphatic carboxylic acids is 1. The fraction of sp³-hybridized carbons (Fsp3) is 0.500. The van der Waals surface area contributed by atoms with Crippen molar-refractivity contribution in [3.05, 3.63) is 29.8 Å². The summed E-state index contributed by atoms with van der Waals surface area (Å²) in [4.78, 5) is 23.0. The van der Waals surface area contributed by atoms with Gasteiger partial charge in [0.2, 0.25) is 0 Å². The van der Waals surface area contributed by atoms with Crippen LogP contribution >= 0.6 is 0 Å². The van der Waals surface area contributed by atoms with Crippen LogP contribution in [0, 0.1) is 5.92 Å². The summed E-state index contributed by atoms with van der Waals surface area (Å²) in [5.74, 6) is -0.465. The lowest BCUT2D eigenvalue weighted by Gasteiger charge is -2.17. The number of carboxylic acids is 1. The van der Waals surface area contributed by atoms with Crippen LogP contribution in [0.3, 0.4) is 0 Å². The lowest BCUT2D eigenvalue weighted by molar-refractivity contribution is -0.139. The van der Waals surface area contributed by atoms with Gasteiger partial charge in [-0.15, -0.1) is 0 Å². The van der Waals surface area contributed by atoms with Crippen molar-refractivity contribution in [1.29, 1.82) is 0 Å². The Morgan fingerprint density at radius 1 is 1.19 bits per heavy atom. The second kappa shape index (κ2) is 7.67. The molecule has 0 unspecified atom stereocenters. The quantitative estimate of drug-likeness (QED) is 0.751. The number of carboxylic acid groups (broad SMARTS) is 1.